The predicted molar refractivity (Wildman–Crippen MR) is 92.5 cm³/mol. The Morgan fingerprint density at radius 1 is 1.29 bits per heavy atom. The van der Waals surface area contributed by atoms with Crippen molar-refractivity contribution in [3.05, 3.63) is 40.7 Å². The molecule has 0 fully saturated rings. The first-order chi connectivity index (χ1) is 11.4. The molecule has 6 heteroatoms. The lowest BCUT2D eigenvalue weighted by Crippen LogP contribution is -2.28. The lowest BCUT2D eigenvalue weighted by molar-refractivity contribution is -0.121. The second-order valence-electron chi connectivity index (χ2n) is 5.85. The van der Waals surface area contributed by atoms with Crippen molar-refractivity contribution >= 4 is 5.91 Å². The van der Waals surface area contributed by atoms with Crippen LogP contribution in [-0.2, 0) is 18.3 Å². The van der Waals surface area contributed by atoms with E-state index in [-0.39, 0.29) is 11.9 Å². The van der Waals surface area contributed by atoms with E-state index in [0.29, 0.717) is 12.2 Å². The van der Waals surface area contributed by atoms with Gasteiger partial charge in [0.25, 0.3) is 0 Å². The largest absolute Gasteiger partial charge is 0.497 e. The van der Waals surface area contributed by atoms with Crippen LogP contribution in [0.4, 0.5) is 0 Å². The van der Waals surface area contributed by atoms with Crippen molar-refractivity contribution in [3.8, 4) is 11.5 Å². The van der Waals surface area contributed by atoms with Crippen molar-refractivity contribution < 1.29 is 14.3 Å². The minimum Gasteiger partial charge on any atom is -0.497 e. The van der Waals surface area contributed by atoms with E-state index < -0.39 is 0 Å². The molecule has 1 unspecified atom stereocenters. The van der Waals surface area contributed by atoms with Crippen LogP contribution in [0.5, 0.6) is 11.5 Å². The van der Waals surface area contributed by atoms with Crippen LogP contribution in [0.25, 0.3) is 0 Å². The number of methoxy groups -OCH3 is 2. The van der Waals surface area contributed by atoms with E-state index in [1.165, 1.54) is 0 Å². The highest BCUT2D eigenvalue weighted by Gasteiger charge is 2.18. The van der Waals surface area contributed by atoms with Gasteiger partial charge >= 0.3 is 0 Å². The molecule has 1 atom stereocenters. The average molecular weight is 331 g/mol. The first-order valence-electron chi connectivity index (χ1n) is 7.87. The molecule has 0 spiro atoms. The molecule has 1 N–H and O–H groups in total. The fourth-order valence-corrected chi connectivity index (χ4v) is 2.78. The summed E-state index contributed by atoms with van der Waals surface area (Å²) < 4.78 is 12.4. The number of nitrogens with zero attached hydrogens (tertiary/aromatic N) is 2. The zero-order chi connectivity index (χ0) is 17.9. The van der Waals surface area contributed by atoms with Gasteiger partial charge < -0.3 is 14.8 Å². The SMILES string of the molecule is COc1ccc(C(C)NC(=O)Cc2c(C)nn(C)c2C)c(OC)c1. The Morgan fingerprint density at radius 2 is 2.00 bits per heavy atom. The highest BCUT2D eigenvalue weighted by molar-refractivity contribution is 5.79. The van der Waals surface area contributed by atoms with Crippen molar-refractivity contribution in [1.29, 1.82) is 0 Å². The Morgan fingerprint density at radius 3 is 2.54 bits per heavy atom. The molecule has 24 heavy (non-hydrogen) atoms. The number of benzene rings is 1. The van der Waals surface area contributed by atoms with Crippen LogP contribution in [0.1, 0.15) is 35.5 Å². The van der Waals surface area contributed by atoms with E-state index in [2.05, 4.69) is 10.4 Å². The Bertz CT molecular complexity index is 737. The standard InChI is InChI=1S/C18H25N3O3/c1-11(15-8-7-14(23-5)9-17(15)24-6)19-18(22)10-16-12(2)20-21(4)13(16)3/h7-9,11H,10H2,1-6H3,(H,19,22). The van der Waals surface area contributed by atoms with Crippen molar-refractivity contribution in [1.82, 2.24) is 15.1 Å². The van der Waals surface area contributed by atoms with Crippen LogP contribution in [0.2, 0.25) is 0 Å². The summed E-state index contributed by atoms with van der Waals surface area (Å²) >= 11 is 0. The smallest absolute Gasteiger partial charge is 0.225 e. The summed E-state index contributed by atoms with van der Waals surface area (Å²) in [6.07, 6.45) is 0.314. The topological polar surface area (TPSA) is 65.4 Å². The lowest BCUT2D eigenvalue weighted by atomic mass is 10.1. The summed E-state index contributed by atoms with van der Waals surface area (Å²) in [4.78, 5) is 12.4. The van der Waals surface area contributed by atoms with Crippen LogP contribution in [0.15, 0.2) is 18.2 Å². The van der Waals surface area contributed by atoms with Gasteiger partial charge in [0, 0.05) is 29.9 Å². The number of hydrogen-bond donors (Lipinski definition) is 1. The van der Waals surface area contributed by atoms with Gasteiger partial charge in [-0.3, -0.25) is 9.48 Å². The van der Waals surface area contributed by atoms with Crippen LogP contribution < -0.4 is 14.8 Å². The lowest BCUT2D eigenvalue weighted by Gasteiger charge is -2.18. The minimum atomic E-state index is -0.171. The van der Waals surface area contributed by atoms with Crippen LogP contribution >= 0.6 is 0 Å². The van der Waals surface area contributed by atoms with Gasteiger partial charge in [-0.15, -0.1) is 0 Å². The number of aromatic nitrogens is 2. The van der Waals surface area contributed by atoms with Crippen molar-refractivity contribution in [2.24, 2.45) is 7.05 Å². The monoisotopic (exact) mass is 331 g/mol. The van der Waals surface area contributed by atoms with Crippen molar-refractivity contribution in [2.75, 3.05) is 14.2 Å². The Hall–Kier alpha value is -2.50. The van der Waals surface area contributed by atoms with E-state index in [1.807, 2.05) is 46.0 Å². The molecule has 1 aromatic carbocycles. The molecule has 0 saturated carbocycles. The summed E-state index contributed by atoms with van der Waals surface area (Å²) in [7, 11) is 5.10. The van der Waals surface area contributed by atoms with Crippen molar-refractivity contribution in [2.45, 2.75) is 33.2 Å². The maximum Gasteiger partial charge on any atom is 0.225 e. The van der Waals surface area contributed by atoms with Crippen molar-refractivity contribution in [3.63, 3.8) is 0 Å². The number of carbonyl (C=O) groups is 1. The van der Waals surface area contributed by atoms with Gasteiger partial charge in [0.2, 0.25) is 5.91 Å². The third-order valence-corrected chi connectivity index (χ3v) is 4.28. The number of carbonyl (C=O) groups excluding carboxylic acids is 1. The van der Waals surface area contributed by atoms with Gasteiger partial charge in [-0.2, -0.15) is 5.10 Å². The molecule has 6 nitrogen and oxygen atoms in total. The Balaban J connectivity index is 2.11. The summed E-state index contributed by atoms with van der Waals surface area (Å²) in [6, 6.07) is 5.41. The van der Waals surface area contributed by atoms with Gasteiger partial charge in [-0.05, 0) is 32.9 Å². The summed E-state index contributed by atoms with van der Waals surface area (Å²) in [5.41, 5.74) is 3.78. The van der Waals surface area contributed by atoms with Gasteiger partial charge in [-0.1, -0.05) is 0 Å². The number of amides is 1. The van der Waals surface area contributed by atoms with E-state index in [0.717, 1.165) is 28.3 Å². The van der Waals surface area contributed by atoms with E-state index in [4.69, 9.17) is 9.47 Å². The highest BCUT2D eigenvalue weighted by atomic mass is 16.5. The predicted octanol–water partition coefficient (Wildman–Crippen LogP) is 2.47. The van der Waals surface area contributed by atoms with E-state index in [9.17, 15) is 4.79 Å². The molecule has 0 radical (unpaired) electrons. The van der Waals surface area contributed by atoms with Gasteiger partial charge in [0.15, 0.2) is 0 Å². The number of aryl methyl sites for hydroxylation is 2. The molecule has 0 aliphatic rings. The van der Waals surface area contributed by atoms with Gasteiger partial charge in [-0.25, -0.2) is 0 Å². The van der Waals surface area contributed by atoms with Crippen LogP contribution in [0.3, 0.4) is 0 Å². The quantitative estimate of drug-likeness (QED) is 0.883. The molecule has 2 rings (SSSR count). The maximum absolute atomic E-state index is 12.4. The molecule has 130 valence electrons. The third-order valence-electron chi connectivity index (χ3n) is 4.28. The summed E-state index contributed by atoms with van der Waals surface area (Å²) in [5, 5.41) is 7.37. The molecule has 1 aromatic heterocycles. The summed E-state index contributed by atoms with van der Waals surface area (Å²) in [6.45, 7) is 5.83. The van der Waals surface area contributed by atoms with Gasteiger partial charge in [0.1, 0.15) is 11.5 Å². The maximum atomic E-state index is 12.4. The molecule has 0 aliphatic heterocycles. The molecule has 1 heterocycles. The first-order valence-corrected chi connectivity index (χ1v) is 7.87. The zero-order valence-corrected chi connectivity index (χ0v) is 15.1. The molecule has 1 amide bonds. The molecular weight excluding hydrogens is 306 g/mol. The normalized spacial score (nSPS) is 11.9. The van der Waals surface area contributed by atoms with Crippen LogP contribution in [0, 0.1) is 13.8 Å². The van der Waals surface area contributed by atoms with Crippen LogP contribution in [-0.4, -0.2) is 29.9 Å². The van der Waals surface area contributed by atoms with Gasteiger partial charge in [0.05, 0.1) is 32.4 Å². The first kappa shape index (κ1) is 17.8. The fourth-order valence-electron chi connectivity index (χ4n) is 2.78. The molecule has 2 aromatic rings. The number of rotatable bonds is 6. The average Bonchev–Trinajstić information content (AvgIpc) is 2.80. The van der Waals surface area contributed by atoms with E-state index in [1.54, 1.807) is 18.9 Å². The fraction of sp³-hybridized carbons (Fsp3) is 0.444. The Labute approximate surface area is 142 Å². The molecule has 0 aliphatic carbocycles. The second-order valence-corrected chi connectivity index (χ2v) is 5.85. The zero-order valence-electron chi connectivity index (χ0n) is 15.1. The molecular formula is C18H25N3O3. The third kappa shape index (κ3) is 3.69. The summed E-state index contributed by atoms with van der Waals surface area (Å²) in [5.74, 6) is 1.37. The minimum absolute atomic E-state index is 0.0421. The number of ether oxygens (including phenoxy) is 2. The number of hydrogen-bond acceptors (Lipinski definition) is 4. The molecule has 0 saturated heterocycles. The number of nitrogens with one attached hydrogen (secondary N) is 1. The second kappa shape index (κ2) is 7.38. The molecule has 0 bridgehead atoms. The Kier molecular flexibility index (Phi) is 5.49. The van der Waals surface area contributed by atoms with E-state index >= 15 is 0 Å². The highest BCUT2D eigenvalue weighted by Crippen LogP contribution is 2.29.